The van der Waals surface area contributed by atoms with E-state index in [0.717, 1.165) is 22.2 Å². The summed E-state index contributed by atoms with van der Waals surface area (Å²) in [6, 6.07) is 5.46. The van der Waals surface area contributed by atoms with Gasteiger partial charge in [0.1, 0.15) is 5.82 Å². The minimum Gasteiger partial charge on any atom is -0.294 e. The molecule has 0 saturated carbocycles. The van der Waals surface area contributed by atoms with E-state index in [2.05, 4.69) is 9.97 Å². The summed E-state index contributed by atoms with van der Waals surface area (Å²) in [5.74, 6) is -2.21. The molecule has 1 aromatic carbocycles. The van der Waals surface area contributed by atoms with Crippen LogP contribution in [0, 0.1) is 17.5 Å². The fraction of sp³-hybridized carbons (Fsp3) is 0.222. The maximum atomic E-state index is 13.8. The van der Waals surface area contributed by atoms with Crippen molar-refractivity contribution >= 4 is 11.3 Å². The van der Waals surface area contributed by atoms with E-state index in [9.17, 15) is 13.2 Å². The zero-order valence-corrected chi connectivity index (χ0v) is 14.0. The first-order chi connectivity index (χ1) is 12.1. The van der Waals surface area contributed by atoms with Gasteiger partial charge in [0, 0.05) is 49.4 Å². The summed E-state index contributed by atoms with van der Waals surface area (Å²) in [5.41, 5.74) is 2.12. The van der Waals surface area contributed by atoms with Crippen molar-refractivity contribution in [1.82, 2.24) is 14.9 Å². The van der Waals surface area contributed by atoms with Gasteiger partial charge in [-0.15, -0.1) is 11.3 Å². The first-order valence-corrected chi connectivity index (χ1v) is 8.72. The maximum absolute atomic E-state index is 13.8. The lowest BCUT2D eigenvalue weighted by atomic mass is 10.1. The van der Waals surface area contributed by atoms with Crippen molar-refractivity contribution < 1.29 is 13.2 Å². The molecule has 1 aliphatic heterocycles. The van der Waals surface area contributed by atoms with Crippen molar-refractivity contribution in [3.05, 3.63) is 70.1 Å². The topological polar surface area (TPSA) is 29.0 Å². The highest BCUT2D eigenvalue weighted by atomic mass is 32.1. The Morgan fingerprint density at radius 2 is 1.96 bits per heavy atom. The fourth-order valence-electron chi connectivity index (χ4n) is 2.96. The highest BCUT2D eigenvalue weighted by molar-refractivity contribution is 7.13. The third-order valence-electron chi connectivity index (χ3n) is 4.24. The van der Waals surface area contributed by atoms with E-state index >= 15 is 0 Å². The Balaban J connectivity index is 1.53. The summed E-state index contributed by atoms with van der Waals surface area (Å²) in [6.45, 7) is 1.44. The van der Waals surface area contributed by atoms with Crippen LogP contribution in [-0.4, -0.2) is 21.4 Å². The maximum Gasteiger partial charge on any atom is 0.169 e. The Morgan fingerprint density at radius 3 is 2.76 bits per heavy atom. The molecule has 2 aromatic heterocycles. The van der Waals surface area contributed by atoms with Crippen molar-refractivity contribution in [3.8, 4) is 10.7 Å². The third-order valence-corrected chi connectivity index (χ3v) is 5.10. The second-order valence-corrected chi connectivity index (χ2v) is 6.91. The predicted octanol–water partition coefficient (Wildman–Crippen LogP) is 4.18. The molecule has 128 valence electrons. The predicted molar refractivity (Wildman–Crippen MR) is 89.5 cm³/mol. The average molecular weight is 361 g/mol. The molecule has 0 unspecified atom stereocenters. The zero-order chi connectivity index (χ0) is 17.4. The molecule has 3 aromatic rings. The van der Waals surface area contributed by atoms with Crippen LogP contribution in [-0.2, 0) is 19.5 Å². The first kappa shape index (κ1) is 16.2. The summed E-state index contributed by atoms with van der Waals surface area (Å²) in [4.78, 5) is 12.0. The summed E-state index contributed by atoms with van der Waals surface area (Å²) < 4.78 is 40.2. The van der Waals surface area contributed by atoms with Gasteiger partial charge in [-0.3, -0.25) is 4.90 Å². The second-order valence-electron chi connectivity index (χ2n) is 5.96. The van der Waals surface area contributed by atoms with Gasteiger partial charge in [0.05, 0.1) is 10.6 Å². The molecule has 0 spiro atoms. The molecule has 0 fully saturated rings. The van der Waals surface area contributed by atoms with Crippen LogP contribution in [0.5, 0.6) is 0 Å². The lowest BCUT2D eigenvalue weighted by Gasteiger charge is -2.28. The van der Waals surface area contributed by atoms with Gasteiger partial charge in [0.25, 0.3) is 0 Å². The quantitative estimate of drug-likeness (QED) is 0.656. The minimum absolute atomic E-state index is 0.151. The van der Waals surface area contributed by atoms with E-state index in [1.165, 1.54) is 0 Å². The van der Waals surface area contributed by atoms with Crippen LogP contribution in [0.2, 0.25) is 0 Å². The van der Waals surface area contributed by atoms with Crippen molar-refractivity contribution in [2.75, 3.05) is 6.54 Å². The van der Waals surface area contributed by atoms with Crippen molar-refractivity contribution in [3.63, 3.8) is 0 Å². The molecule has 0 amide bonds. The summed E-state index contributed by atoms with van der Waals surface area (Å²) in [5, 5.41) is 1.98. The van der Waals surface area contributed by atoms with Gasteiger partial charge in [-0.05, 0) is 17.5 Å². The number of nitrogens with zero attached hydrogens (tertiary/aromatic N) is 3. The van der Waals surface area contributed by atoms with Gasteiger partial charge in [-0.25, -0.2) is 23.1 Å². The second kappa shape index (κ2) is 6.57. The number of rotatable bonds is 3. The Labute approximate surface area is 146 Å². The van der Waals surface area contributed by atoms with Crippen molar-refractivity contribution in [2.24, 2.45) is 0 Å². The zero-order valence-electron chi connectivity index (χ0n) is 13.2. The number of benzene rings is 1. The molecule has 3 nitrogen and oxygen atoms in total. The molecule has 3 heterocycles. The smallest absolute Gasteiger partial charge is 0.169 e. The SMILES string of the molecule is Fc1cc(F)c(CN2CCc3nc(-c4cccs4)ncc3C2)cc1F. The fourth-order valence-corrected chi connectivity index (χ4v) is 3.62. The normalized spacial score (nSPS) is 14.5. The number of halogens is 3. The molecule has 0 bridgehead atoms. The van der Waals surface area contributed by atoms with Crippen LogP contribution in [0.4, 0.5) is 13.2 Å². The lowest BCUT2D eigenvalue weighted by Crippen LogP contribution is -2.31. The minimum atomic E-state index is -1.17. The molecule has 25 heavy (non-hydrogen) atoms. The number of hydrogen-bond acceptors (Lipinski definition) is 4. The molecule has 7 heteroatoms. The Morgan fingerprint density at radius 1 is 1.12 bits per heavy atom. The summed E-state index contributed by atoms with van der Waals surface area (Å²) in [7, 11) is 0. The van der Waals surface area contributed by atoms with Crippen LogP contribution in [0.25, 0.3) is 10.7 Å². The molecule has 4 rings (SSSR count). The van der Waals surface area contributed by atoms with Crippen LogP contribution < -0.4 is 0 Å². The Kier molecular flexibility index (Phi) is 4.27. The molecule has 0 atom stereocenters. The Bertz CT molecular complexity index is 912. The molecule has 0 N–H and O–H groups in total. The highest BCUT2D eigenvalue weighted by Crippen LogP contribution is 2.25. The molecule has 1 aliphatic rings. The standard InChI is InChI=1S/C18H14F3N3S/c19-13-7-15(21)14(20)6-11(13)9-24-4-3-16-12(10-24)8-22-18(23-16)17-2-1-5-25-17/h1-2,5-8H,3-4,9-10H2. The van der Waals surface area contributed by atoms with Crippen molar-refractivity contribution in [2.45, 2.75) is 19.5 Å². The Hall–Kier alpha value is -2.25. The van der Waals surface area contributed by atoms with Crippen molar-refractivity contribution in [1.29, 1.82) is 0 Å². The van der Waals surface area contributed by atoms with Gasteiger partial charge < -0.3 is 0 Å². The van der Waals surface area contributed by atoms with Gasteiger partial charge in [0.15, 0.2) is 17.5 Å². The summed E-state index contributed by atoms with van der Waals surface area (Å²) >= 11 is 1.59. The van der Waals surface area contributed by atoms with Gasteiger partial charge in [0.2, 0.25) is 0 Å². The van der Waals surface area contributed by atoms with Crippen LogP contribution in [0.15, 0.2) is 35.8 Å². The van der Waals surface area contributed by atoms with Gasteiger partial charge in [-0.1, -0.05) is 6.07 Å². The van der Waals surface area contributed by atoms with E-state index in [1.54, 1.807) is 17.5 Å². The lowest BCUT2D eigenvalue weighted by molar-refractivity contribution is 0.239. The van der Waals surface area contributed by atoms with Gasteiger partial charge in [-0.2, -0.15) is 0 Å². The monoisotopic (exact) mass is 361 g/mol. The van der Waals surface area contributed by atoms with Crippen LogP contribution >= 0.6 is 11.3 Å². The first-order valence-electron chi connectivity index (χ1n) is 7.84. The number of fused-ring (bicyclic) bond motifs is 1. The van der Waals surface area contributed by atoms with E-state index in [-0.39, 0.29) is 12.1 Å². The van der Waals surface area contributed by atoms with E-state index < -0.39 is 17.5 Å². The van der Waals surface area contributed by atoms with E-state index in [4.69, 9.17) is 0 Å². The molecule has 0 radical (unpaired) electrons. The molecular formula is C18H14F3N3S. The van der Waals surface area contributed by atoms with E-state index in [0.29, 0.717) is 31.4 Å². The van der Waals surface area contributed by atoms with Gasteiger partial charge >= 0.3 is 0 Å². The molecular weight excluding hydrogens is 347 g/mol. The van der Waals surface area contributed by atoms with E-state index in [1.807, 2.05) is 22.4 Å². The molecule has 0 aliphatic carbocycles. The molecule has 0 saturated heterocycles. The highest BCUT2D eigenvalue weighted by Gasteiger charge is 2.21. The average Bonchev–Trinajstić information content (AvgIpc) is 3.14. The van der Waals surface area contributed by atoms with Crippen LogP contribution in [0.3, 0.4) is 0 Å². The number of thiophene rings is 1. The van der Waals surface area contributed by atoms with Crippen LogP contribution in [0.1, 0.15) is 16.8 Å². The number of aromatic nitrogens is 2. The third kappa shape index (κ3) is 3.29. The largest absolute Gasteiger partial charge is 0.294 e. The summed E-state index contributed by atoms with van der Waals surface area (Å²) in [6.07, 6.45) is 2.51. The number of hydrogen-bond donors (Lipinski definition) is 0.